The Morgan fingerprint density at radius 2 is 1.79 bits per heavy atom. The van der Waals surface area contributed by atoms with Gasteiger partial charge in [-0.25, -0.2) is 4.79 Å². The van der Waals surface area contributed by atoms with Gasteiger partial charge in [0.25, 0.3) is 0 Å². The number of para-hydroxylation sites is 1. The maximum atomic E-state index is 12.4. The number of fused-ring (bicyclic) bond motifs is 1. The van der Waals surface area contributed by atoms with Crippen molar-refractivity contribution in [3.05, 3.63) is 70.9 Å². The fourth-order valence-electron chi connectivity index (χ4n) is 3.33. The first kappa shape index (κ1) is 20.7. The summed E-state index contributed by atoms with van der Waals surface area (Å²) in [5, 5.41) is 0.911. The summed E-state index contributed by atoms with van der Waals surface area (Å²) in [6.07, 6.45) is 0. The normalized spacial score (nSPS) is 11.3. The van der Waals surface area contributed by atoms with Gasteiger partial charge in [0.1, 0.15) is 5.75 Å². The summed E-state index contributed by atoms with van der Waals surface area (Å²) in [4.78, 5) is 19.1. The largest absolute Gasteiger partial charge is 0.465 e. The highest BCUT2D eigenvalue weighted by Gasteiger charge is 2.20. The van der Waals surface area contributed by atoms with E-state index in [1.807, 2.05) is 43.1 Å². The van der Waals surface area contributed by atoms with E-state index in [9.17, 15) is 13.6 Å². The van der Waals surface area contributed by atoms with Crippen LogP contribution >= 0.6 is 0 Å². The number of pyridine rings is 1. The molecule has 1 aromatic heterocycles. The minimum Gasteiger partial charge on any atom is -0.465 e. The summed E-state index contributed by atoms with van der Waals surface area (Å²) in [5.74, 6) is -0.302. The van der Waals surface area contributed by atoms with Gasteiger partial charge in [-0.2, -0.15) is 8.78 Å². The first-order valence-corrected chi connectivity index (χ1v) is 9.08. The van der Waals surface area contributed by atoms with Gasteiger partial charge in [0, 0.05) is 18.5 Å². The van der Waals surface area contributed by atoms with E-state index in [1.54, 1.807) is 12.1 Å². The third-order valence-corrected chi connectivity index (χ3v) is 4.64. The zero-order chi connectivity index (χ0) is 21.0. The molecule has 0 fully saturated rings. The first-order valence-electron chi connectivity index (χ1n) is 9.08. The summed E-state index contributed by atoms with van der Waals surface area (Å²) in [6.45, 7) is 0.0122. The molecule has 5 nitrogen and oxygen atoms in total. The minimum absolute atomic E-state index is 0.117. The average molecular weight is 400 g/mol. The molecular weight excluding hydrogens is 378 g/mol. The van der Waals surface area contributed by atoms with Crippen LogP contribution in [0.5, 0.6) is 5.75 Å². The van der Waals surface area contributed by atoms with E-state index >= 15 is 0 Å². The Kier molecular flexibility index (Phi) is 6.39. The monoisotopic (exact) mass is 400 g/mol. The van der Waals surface area contributed by atoms with E-state index in [-0.39, 0.29) is 5.75 Å². The highest BCUT2D eigenvalue weighted by Crippen LogP contribution is 2.25. The van der Waals surface area contributed by atoms with Crippen LogP contribution < -0.4 is 4.74 Å². The molecule has 0 saturated heterocycles. The van der Waals surface area contributed by atoms with Gasteiger partial charge in [0.2, 0.25) is 0 Å². The molecule has 1 heterocycles. The number of esters is 1. The Bertz CT molecular complexity index is 1010. The van der Waals surface area contributed by atoms with Gasteiger partial charge in [-0.15, -0.1) is 0 Å². The zero-order valence-electron chi connectivity index (χ0n) is 16.5. The van der Waals surface area contributed by atoms with Crippen molar-refractivity contribution in [2.45, 2.75) is 26.6 Å². The number of benzene rings is 2. The van der Waals surface area contributed by atoms with Crippen LogP contribution in [0.1, 0.15) is 27.2 Å². The van der Waals surface area contributed by atoms with Crippen LogP contribution in [0, 0.1) is 6.92 Å². The van der Waals surface area contributed by atoms with Crippen LogP contribution in [-0.4, -0.2) is 36.6 Å². The molecule has 2 aromatic carbocycles. The van der Waals surface area contributed by atoms with E-state index < -0.39 is 12.6 Å². The molecular formula is C22H22F2N2O3. The summed E-state index contributed by atoms with van der Waals surface area (Å²) < 4.78 is 33.9. The molecule has 0 radical (unpaired) electrons. The van der Waals surface area contributed by atoms with Crippen LogP contribution in [0.3, 0.4) is 0 Å². The average Bonchev–Trinajstić information content (AvgIpc) is 2.69. The van der Waals surface area contributed by atoms with Crippen molar-refractivity contribution in [2.24, 2.45) is 0 Å². The molecule has 7 heteroatoms. The molecule has 0 amide bonds. The number of rotatable bonds is 7. The maximum absolute atomic E-state index is 12.4. The molecule has 0 saturated carbocycles. The van der Waals surface area contributed by atoms with Crippen molar-refractivity contribution in [3.8, 4) is 5.75 Å². The predicted octanol–water partition coefficient (Wildman–Crippen LogP) is 4.56. The molecule has 0 bridgehead atoms. The van der Waals surface area contributed by atoms with Crippen LogP contribution in [0.2, 0.25) is 0 Å². The molecule has 0 aliphatic rings. The topological polar surface area (TPSA) is 51.7 Å². The van der Waals surface area contributed by atoms with E-state index in [1.165, 1.54) is 19.2 Å². The smallest absolute Gasteiger partial charge is 0.387 e. The van der Waals surface area contributed by atoms with E-state index in [4.69, 9.17) is 4.74 Å². The van der Waals surface area contributed by atoms with Crippen LogP contribution in [0.4, 0.5) is 8.78 Å². The molecule has 0 aliphatic carbocycles. The van der Waals surface area contributed by atoms with Crippen LogP contribution in [0.25, 0.3) is 10.9 Å². The number of halogens is 2. The summed E-state index contributed by atoms with van der Waals surface area (Å²) in [5.41, 5.74) is 3.67. The molecule has 29 heavy (non-hydrogen) atoms. The van der Waals surface area contributed by atoms with Crippen LogP contribution in [0.15, 0.2) is 48.5 Å². The number of aromatic nitrogens is 1. The minimum atomic E-state index is -2.84. The number of methoxy groups -OCH3 is 1. The molecule has 0 spiro atoms. The van der Waals surface area contributed by atoms with Gasteiger partial charge in [0.15, 0.2) is 0 Å². The summed E-state index contributed by atoms with van der Waals surface area (Å²) >= 11 is 0. The van der Waals surface area contributed by atoms with Gasteiger partial charge in [-0.1, -0.05) is 30.3 Å². The molecule has 0 unspecified atom stereocenters. The summed E-state index contributed by atoms with van der Waals surface area (Å²) in [7, 11) is 3.25. The lowest BCUT2D eigenvalue weighted by atomic mass is 10.0. The quantitative estimate of drug-likeness (QED) is 0.544. The second-order valence-corrected chi connectivity index (χ2v) is 6.76. The number of aryl methyl sites for hydroxylation is 1. The van der Waals surface area contributed by atoms with Gasteiger partial charge in [-0.3, -0.25) is 9.88 Å². The first-order chi connectivity index (χ1) is 13.9. The summed E-state index contributed by atoms with van der Waals surface area (Å²) in [6, 6.07) is 14.1. The lowest BCUT2D eigenvalue weighted by Crippen LogP contribution is -2.21. The third kappa shape index (κ3) is 4.86. The predicted molar refractivity (Wildman–Crippen MR) is 106 cm³/mol. The third-order valence-electron chi connectivity index (χ3n) is 4.64. The van der Waals surface area contributed by atoms with Crippen molar-refractivity contribution < 1.29 is 23.0 Å². The lowest BCUT2D eigenvalue weighted by molar-refractivity contribution is -0.0498. The number of hydrogen-bond acceptors (Lipinski definition) is 5. The Morgan fingerprint density at radius 3 is 2.45 bits per heavy atom. The van der Waals surface area contributed by atoms with Crippen molar-refractivity contribution in [1.29, 1.82) is 0 Å². The Morgan fingerprint density at radius 1 is 1.10 bits per heavy atom. The van der Waals surface area contributed by atoms with Crippen molar-refractivity contribution in [3.63, 3.8) is 0 Å². The van der Waals surface area contributed by atoms with Crippen molar-refractivity contribution in [1.82, 2.24) is 9.88 Å². The SMILES string of the molecule is COC(=O)c1c(CN(C)Cc2ccc(OC(F)F)cc2)nc2ccccc2c1C. The number of nitrogens with zero attached hydrogens (tertiary/aromatic N) is 2. The highest BCUT2D eigenvalue weighted by molar-refractivity contribution is 5.98. The molecule has 0 atom stereocenters. The van der Waals surface area contributed by atoms with Crippen molar-refractivity contribution >= 4 is 16.9 Å². The number of ether oxygens (including phenoxy) is 2. The van der Waals surface area contributed by atoms with E-state index in [0.29, 0.717) is 24.3 Å². The van der Waals surface area contributed by atoms with Gasteiger partial charge >= 0.3 is 12.6 Å². The molecule has 0 aliphatic heterocycles. The number of carbonyl (C=O) groups excluding carboxylic acids is 1. The molecule has 152 valence electrons. The van der Waals surface area contributed by atoms with Gasteiger partial charge < -0.3 is 9.47 Å². The van der Waals surface area contributed by atoms with Crippen LogP contribution in [-0.2, 0) is 17.8 Å². The van der Waals surface area contributed by atoms with E-state index in [0.717, 1.165) is 22.0 Å². The highest BCUT2D eigenvalue weighted by atomic mass is 19.3. The Labute approximate surface area is 167 Å². The second-order valence-electron chi connectivity index (χ2n) is 6.76. The number of carbonyl (C=O) groups is 1. The van der Waals surface area contributed by atoms with Gasteiger partial charge in [0.05, 0.1) is 23.9 Å². The van der Waals surface area contributed by atoms with Gasteiger partial charge in [-0.05, 0) is 43.3 Å². The second kappa shape index (κ2) is 8.96. The van der Waals surface area contributed by atoms with Crippen molar-refractivity contribution in [2.75, 3.05) is 14.2 Å². The number of alkyl halides is 2. The Balaban J connectivity index is 1.84. The fourth-order valence-corrected chi connectivity index (χ4v) is 3.33. The number of hydrogen-bond donors (Lipinski definition) is 0. The standard InChI is InChI=1S/C22H22F2N2O3/c1-14-17-6-4-5-7-18(17)25-19(20(14)21(27)28-3)13-26(2)12-15-8-10-16(11-9-15)29-22(23)24/h4-11,22H,12-13H2,1-3H3. The maximum Gasteiger partial charge on any atom is 0.387 e. The lowest BCUT2D eigenvalue weighted by Gasteiger charge is -2.20. The molecule has 0 N–H and O–H groups in total. The Hall–Kier alpha value is -3.06. The van der Waals surface area contributed by atoms with E-state index in [2.05, 4.69) is 9.72 Å². The molecule has 3 rings (SSSR count). The molecule has 3 aromatic rings. The fraction of sp³-hybridized carbons (Fsp3) is 0.273. The zero-order valence-corrected chi connectivity index (χ0v) is 16.5.